The van der Waals surface area contributed by atoms with Crippen LogP contribution in [0.2, 0.25) is 0 Å². The number of hydrogen-bond acceptors (Lipinski definition) is 7. The average molecular weight is 469 g/mol. The number of hydrogen-bond donors (Lipinski definition) is 2. The molecule has 2 aliphatic heterocycles. The molecule has 1 aromatic rings. The lowest BCUT2D eigenvalue weighted by Gasteiger charge is -2.35. The van der Waals surface area contributed by atoms with E-state index in [0.717, 1.165) is 0 Å². The molecule has 32 heavy (non-hydrogen) atoms. The Kier molecular flexibility index (Phi) is 7.49. The van der Waals surface area contributed by atoms with Crippen molar-refractivity contribution in [2.75, 3.05) is 44.4 Å². The van der Waals surface area contributed by atoms with Crippen LogP contribution in [0.15, 0.2) is 23.1 Å². The largest absolute Gasteiger partial charge is 0.377 e. The molecule has 2 atom stereocenters. The number of amides is 3. The molecular weight excluding hydrogens is 440 g/mol. The zero-order chi connectivity index (χ0) is 23.5. The highest BCUT2D eigenvalue weighted by atomic mass is 32.2. The zero-order valence-corrected chi connectivity index (χ0v) is 18.9. The van der Waals surface area contributed by atoms with Gasteiger partial charge in [0, 0.05) is 18.8 Å². The first-order valence-corrected chi connectivity index (χ1v) is 11.9. The number of rotatable bonds is 7. The van der Waals surface area contributed by atoms with Gasteiger partial charge in [-0.15, -0.1) is 0 Å². The molecule has 0 bridgehead atoms. The summed E-state index contributed by atoms with van der Waals surface area (Å²) in [6, 6.07) is 2.45. The predicted molar refractivity (Wildman–Crippen MR) is 114 cm³/mol. The van der Waals surface area contributed by atoms with Crippen LogP contribution in [0.25, 0.3) is 0 Å². The van der Waals surface area contributed by atoms with Crippen LogP contribution in [0.5, 0.6) is 0 Å². The number of morpholine rings is 2. The number of anilines is 1. The van der Waals surface area contributed by atoms with Crippen molar-refractivity contribution in [1.82, 2.24) is 9.62 Å². The Labute approximate surface area is 186 Å². The third-order valence-corrected chi connectivity index (χ3v) is 6.99. The van der Waals surface area contributed by atoms with Gasteiger partial charge in [-0.3, -0.25) is 14.4 Å². The Bertz CT molecular complexity index is 998. The molecule has 176 valence electrons. The van der Waals surface area contributed by atoms with Gasteiger partial charge in [-0.05, 0) is 31.0 Å². The maximum Gasteiger partial charge on any atom is 0.253 e. The van der Waals surface area contributed by atoms with Crippen LogP contribution in [0.4, 0.5) is 5.69 Å². The Hall–Kier alpha value is -2.54. The predicted octanol–water partition coefficient (Wildman–Crippen LogP) is -1.01. The summed E-state index contributed by atoms with van der Waals surface area (Å²) in [7, 11) is -4.33. The van der Waals surface area contributed by atoms with Crippen molar-refractivity contribution in [1.29, 1.82) is 0 Å². The van der Waals surface area contributed by atoms with E-state index in [1.165, 1.54) is 21.9 Å². The number of nitrogens with one attached hydrogen (secondary N) is 1. The van der Waals surface area contributed by atoms with Gasteiger partial charge in [-0.25, -0.2) is 8.42 Å². The molecule has 3 amide bonds. The summed E-state index contributed by atoms with van der Waals surface area (Å²) in [5, 5.41) is 0. The van der Waals surface area contributed by atoms with Crippen LogP contribution in [-0.4, -0.2) is 82.6 Å². The highest BCUT2D eigenvalue weighted by molar-refractivity contribution is 7.89. The number of nitrogens with two attached hydrogens (primary N) is 1. The van der Waals surface area contributed by atoms with Crippen molar-refractivity contribution in [3.05, 3.63) is 23.8 Å². The van der Waals surface area contributed by atoms with E-state index in [2.05, 4.69) is 4.72 Å². The summed E-state index contributed by atoms with van der Waals surface area (Å²) in [6.45, 7) is 4.81. The number of primary amides is 1. The smallest absolute Gasteiger partial charge is 0.253 e. The first-order valence-electron chi connectivity index (χ1n) is 10.4. The fourth-order valence-electron chi connectivity index (χ4n) is 3.86. The summed E-state index contributed by atoms with van der Waals surface area (Å²) < 4.78 is 39.2. The fraction of sp³-hybridized carbons (Fsp3) is 0.550. The number of nitrogens with zero attached hydrogens (tertiary/aromatic N) is 2. The Balaban J connectivity index is 1.94. The number of benzene rings is 1. The van der Waals surface area contributed by atoms with Gasteiger partial charge in [-0.2, -0.15) is 4.72 Å². The zero-order valence-electron chi connectivity index (χ0n) is 18.1. The summed E-state index contributed by atoms with van der Waals surface area (Å²) in [5.41, 5.74) is 6.24. The maximum absolute atomic E-state index is 13.3. The summed E-state index contributed by atoms with van der Waals surface area (Å²) in [6.07, 6.45) is 0.298. The van der Waals surface area contributed by atoms with Crippen LogP contribution < -0.4 is 15.4 Å². The molecule has 0 radical (unpaired) electrons. The van der Waals surface area contributed by atoms with E-state index in [1.54, 1.807) is 19.9 Å². The third kappa shape index (κ3) is 4.93. The molecule has 11 nitrogen and oxygen atoms in total. The topological polar surface area (TPSA) is 148 Å². The van der Waals surface area contributed by atoms with Crippen LogP contribution >= 0.6 is 0 Å². The SMILES string of the molecule is CCc1c(N2CCOCC2=O)cccc1S(=O)(=O)N[C@@H](C(N)=O)C(=O)N1CCOC[C@@H]1C. The molecule has 0 aliphatic carbocycles. The van der Waals surface area contributed by atoms with Gasteiger partial charge in [0.15, 0.2) is 6.04 Å². The van der Waals surface area contributed by atoms with E-state index in [-0.39, 0.29) is 43.2 Å². The van der Waals surface area contributed by atoms with Gasteiger partial charge in [0.25, 0.3) is 11.8 Å². The lowest BCUT2D eigenvalue weighted by molar-refractivity contribution is -0.144. The Morgan fingerprint density at radius 2 is 1.97 bits per heavy atom. The first-order chi connectivity index (χ1) is 15.2. The highest BCUT2D eigenvalue weighted by Gasteiger charge is 2.37. The van der Waals surface area contributed by atoms with E-state index in [1.807, 2.05) is 0 Å². The molecule has 3 N–H and O–H groups in total. The molecule has 2 aliphatic rings. The van der Waals surface area contributed by atoms with Crippen molar-refractivity contribution in [2.24, 2.45) is 5.73 Å². The number of carbonyl (C=O) groups is 3. The third-order valence-electron chi connectivity index (χ3n) is 5.48. The average Bonchev–Trinajstić information content (AvgIpc) is 2.77. The van der Waals surface area contributed by atoms with Gasteiger partial charge in [0.2, 0.25) is 15.9 Å². The van der Waals surface area contributed by atoms with Gasteiger partial charge in [0.05, 0.1) is 30.8 Å². The molecule has 2 heterocycles. The number of ether oxygens (including phenoxy) is 2. The molecule has 2 saturated heterocycles. The van der Waals surface area contributed by atoms with E-state index >= 15 is 0 Å². The molecule has 12 heteroatoms. The van der Waals surface area contributed by atoms with Crippen LogP contribution in [0, 0.1) is 0 Å². The highest BCUT2D eigenvalue weighted by Crippen LogP contribution is 2.29. The maximum atomic E-state index is 13.3. The van der Waals surface area contributed by atoms with Gasteiger partial charge in [0.1, 0.15) is 6.61 Å². The molecule has 0 spiro atoms. The Morgan fingerprint density at radius 1 is 1.25 bits per heavy atom. The van der Waals surface area contributed by atoms with Crippen molar-refractivity contribution in [3.63, 3.8) is 0 Å². The van der Waals surface area contributed by atoms with Crippen molar-refractivity contribution >= 4 is 33.4 Å². The van der Waals surface area contributed by atoms with Crippen molar-refractivity contribution < 1.29 is 32.3 Å². The lowest BCUT2D eigenvalue weighted by Crippen LogP contribution is -2.59. The second-order valence-electron chi connectivity index (χ2n) is 7.62. The normalized spacial score (nSPS) is 20.8. The Morgan fingerprint density at radius 3 is 2.59 bits per heavy atom. The summed E-state index contributed by atoms with van der Waals surface area (Å²) in [4.78, 5) is 40.0. The molecular formula is C20H28N4O7S. The molecule has 0 saturated carbocycles. The van der Waals surface area contributed by atoms with Gasteiger partial charge >= 0.3 is 0 Å². The van der Waals surface area contributed by atoms with E-state index in [9.17, 15) is 22.8 Å². The van der Waals surface area contributed by atoms with Gasteiger partial charge < -0.3 is 25.0 Å². The summed E-state index contributed by atoms with van der Waals surface area (Å²) in [5.74, 6) is -2.11. The van der Waals surface area contributed by atoms with Crippen molar-refractivity contribution in [3.8, 4) is 0 Å². The minimum Gasteiger partial charge on any atom is -0.377 e. The monoisotopic (exact) mass is 468 g/mol. The second kappa shape index (κ2) is 9.94. The minimum atomic E-state index is -4.33. The van der Waals surface area contributed by atoms with E-state index in [0.29, 0.717) is 30.8 Å². The van der Waals surface area contributed by atoms with E-state index < -0.39 is 27.9 Å². The second-order valence-corrected chi connectivity index (χ2v) is 9.30. The van der Waals surface area contributed by atoms with Crippen LogP contribution in [-0.2, 0) is 40.3 Å². The lowest BCUT2D eigenvalue weighted by atomic mass is 10.1. The van der Waals surface area contributed by atoms with Crippen molar-refractivity contribution in [2.45, 2.75) is 37.2 Å². The molecule has 1 aromatic carbocycles. The number of sulfonamides is 1. The standard InChI is InChI=1S/C20H28N4O7S/c1-3-14-15(24-8-10-31-12-17(24)25)5-4-6-16(14)32(28,29)22-18(19(21)26)20(27)23-7-9-30-11-13(23)2/h4-6,13,18,22H,3,7-12H2,1-2H3,(H2,21,26)/t13-,18-/m0/s1. The number of carbonyl (C=O) groups excluding carboxylic acids is 3. The van der Waals surface area contributed by atoms with E-state index in [4.69, 9.17) is 15.2 Å². The fourth-order valence-corrected chi connectivity index (χ4v) is 5.34. The molecule has 3 rings (SSSR count). The van der Waals surface area contributed by atoms with Crippen LogP contribution in [0.3, 0.4) is 0 Å². The first kappa shape index (κ1) is 24.1. The molecule has 0 aromatic heterocycles. The minimum absolute atomic E-state index is 0.0889. The molecule has 0 unspecified atom stereocenters. The quantitative estimate of drug-likeness (QED) is 0.487. The van der Waals surface area contributed by atoms with Gasteiger partial charge in [-0.1, -0.05) is 13.0 Å². The van der Waals surface area contributed by atoms with Crippen LogP contribution in [0.1, 0.15) is 19.4 Å². The molecule has 2 fully saturated rings. The summed E-state index contributed by atoms with van der Waals surface area (Å²) >= 11 is 0.